The molecule has 0 aliphatic carbocycles. The van der Waals surface area contributed by atoms with E-state index >= 15 is 0 Å². The molecule has 5 rings (SSSR count). The van der Waals surface area contributed by atoms with Crippen molar-refractivity contribution in [1.29, 1.82) is 0 Å². The van der Waals surface area contributed by atoms with Gasteiger partial charge in [-0.25, -0.2) is 0 Å². The first-order chi connectivity index (χ1) is 16.2. The number of aryl methyl sites for hydroxylation is 1. The second-order valence-electron chi connectivity index (χ2n) is 7.91. The minimum absolute atomic E-state index is 0.103. The van der Waals surface area contributed by atoms with Gasteiger partial charge in [0.15, 0.2) is 5.78 Å². The van der Waals surface area contributed by atoms with Gasteiger partial charge in [-0.15, -0.1) is 0 Å². The summed E-state index contributed by atoms with van der Waals surface area (Å²) in [4.78, 5) is 21.5. The van der Waals surface area contributed by atoms with Gasteiger partial charge in [0.25, 0.3) is 0 Å². The lowest BCUT2D eigenvalue weighted by atomic mass is 9.99. The lowest BCUT2D eigenvalue weighted by Gasteiger charge is -2.14. The molecule has 0 N–H and O–H groups in total. The van der Waals surface area contributed by atoms with Crippen molar-refractivity contribution in [2.75, 3.05) is 0 Å². The molecule has 0 saturated carbocycles. The number of carbonyl (C=O) groups is 1. The van der Waals surface area contributed by atoms with E-state index in [-0.39, 0.29) is 5.78 Å². The Morgan fingerprint density at radius 3 is 2.55 bits per heavy atom. The molecule has 2 aromatic carbocycles. The third-order valence-electron chi connectivity index (χ3n) is 5.78. The van der Waals surface area contributed by atoms with Crippen LogP contribution in [0.1, 0.15) is 27.9 Å². The number of hydrogen-bond donors (Lipinski definition) is 0. The maximum absolute atomic E-state index is 12.9. The summed E-state index contributed by atoms with van der Waals surface area (Å²) in [7, 11) is 0. The van der Waals surface area contributed by atoms with Crippen LogP contribution in [0.25, 0.3) is 16.6 Å². The van der Waals surface area contributed by atoms with Crippen molar-refractivity contribution >= 4 is 16.7 Å². The molecule has 162 valence electrons. The molecular formula is C28H23N3O2. The van der Waals surface area contributed by atoms with Crippen LogP contribution in [0.4, 0.5) is 0 Å². The van der Waals surface area contributed by atoms with Crippen molar-refractivity contribution in [2.45, 2.75) is 19.8 Å². The van der Waals surface area contributed by atoms with Crippen LogP contribution in [0.5, 0.6) is 11.5 Å². The number of ketones is 1. The maximum atomic E-state index is 12.9. The topological polar surface area (TPSA) is 57.0 Å². The Morgan fingerprint density at radius 2 is 1.73 bits per heavy atom. The number of benzene rings is 2. The number of rotatable bonds is 7. The molecule has 3 aromatic heterocycles. The average Bonchev–Trinajstić information content (AvgIpc) is 3.39. The minimum Gasteiger partial charge on any atom is -0.456 e. The fourth-order valence-corrected chi connectivity index (χ4v) is 3.95. The monoisotopic (exact) mass is 433 g/mol. The maximum Gasteiger partial charge on any atom is 0.163 e. The van der Waals surface area contributed by atoms with Crippen molar-refractivity contribution in [1.82, 2.24) is 14.5 Å². The van der Waals surface area contributed by atoms with Gasteiger partial charge < -0.3 is 9.30 Å². The summed E-state index contributed by atoms with van der Waals surface area (Å²) in [6.45, 7) is 1.93. The van der Waals surface area contributed by atoms with Crippen LogP contribution < -0.4 is 4.74 Å². The molecule has 5 nitrogen and oxygen atoms in total. The van der Waals surface area contributed by atoms with Gasteiger partial charge in [-0.2, -0.15) is 0 Å². The first kappa shape index (κ1) is 20.6. The zero-order chi connectivity index (χ0) is 22.6. The lowest BCUT2D eigenvalue weighted by Crippen LogP contribution is -2.04. The molecule has 3 heterocycles. The van der Waals surface area contributed by atoms with E-state index in [0.29, 0.717) is 29.9 Å². The molecule has 0 bridgehead atoms. The third kappa shape index (κ3) is 4.39. The number of ether oxygens (including phenoxy) is 1. The van der Waals surface area contributed by atoms with Gasteiger partial charge >= 0.3 is 0 Å². The van der Waals surface area contributed by atoms with Gasteiger partial charge in [-0.3, -0.25) is 14.8 Å². The molecule has 0 aliphatic heterocycles. The zero-order valence-electron chi connectivity index (χ0n) is 18.3. The Hall–Kier alpha value is -4.25. The summed E-state index contributed by atoms with van der Waals surface area (Å²) in [5.74, 6) is 1.49. The summed E-state index contributed by atoms with van der Waals surface area (Å²) in [5.41, 5.74) is 4.52. The molecule has 33 heavy (non-hydrogen) atoms. The first-order valence-corrected chi connectivity index (χ1v) is 10.9. The predicted octanol–water partition coefficient (Wildman–Crippen LogP) is 6.34. The van der Waals surface area contributed by atoms with Gasteiger partial charge in [0.1, 0.15) is 11.5 Å². The molecule has 0 saturated heterocycles. The van der Waals surface area contributed by atoms with Crippen molar-refractivity contribution in [3.8, 4) is 17.2 Å². The number of Topliss-reactive ketones (excluding diaryl/α,β-unsaturated/α-hetero) is 1. The summed E-state index contributed by atoms with van der Waals surface area (Å²) >= 11 is 0. The normalized spacial score (nSPS) is 10.9. The van der Waals surface area contributed by atoms with Crippen molar-refractivity contribution in [3.05, 3.63) is 114 Å². The van der Waals surface area contributed by atoms with E-state index in [1.54, 1.807) is 18.6 Å². The van der Waals surface area contributed by atoms with E-state index in [2.05, 4.69) is 9.97 Å². The molecule has 0 spiro atoms. The Balaban J connectivity index is 1.40. The van der Waals surface area contributed by atoms with E-state index in [9.17, 15) is 4.79 Å². The lowest BCUT2D eigenvalue weighted by molar-refractivity contribution is 0.0982. The van der Waals surface area contributed by atoms with Crippen molar-refractivity contribution in [3.63, 3.8) is 0 Å². The highest BCUT2D eigenvalue weighted by molar-refractivity contribution is 5.98. The predicted molar refractivity (Wildman–Crippen MR) is 129 cm³/mol. The molecule has 0 radical (unpaired) electrons. The van der Waals surface area contributed by atoms with Crippen molar-refractivity contribution < 1.29 is 9.53 Å². The van der Waals surface area contributed by atoms with E-state index in [1.807, 2.05) is 90.6 Å². The van der Waals surface area contributed by atoms with Crippen LogP contribution in [0.15, 0.2) is 97.7 Å². The Bertz CT molecular complexity index is 1410. The quantitative estimate of drug-likeness (QED) is 0.281. The van der Waals surface area contributed by atoms with Gasteiger partial charge in [-0.05, 0) is 73.5 Å². The molecular weight excluding hydrogens is 410 g/mol. The first-order valence-electron chi connectivity index (χ1n) is 10.9. The second kappa shape index (κ2) is 9.09. The fraction of sp³-hybridized carbons (Fsp3) is 0.107. The summed E-state index contributed by atoms with van der Waals surface area (Å²) in [6, 6.07) is 21.5. The standard InChI is InChI=1S/C28H23N3O2/c1-20-23(26(32)10-7-21-11-14-29-15-12-21)5-4-6-27(20)33-28-13-16-30-25-19-22(8-9-24(25)28)31-17-2-3-18-31/h2-6,8-9,11-19H,7,10H2,1H3. The highest BCUT2D eigenvalue weighted by atomic mass is 16.5. The summed E-state index contributed by atoms with van der Waals surface area (Å²) < 4.78 is 8.34. The molecule has 0 atom stereocenters. The number of aromatic nitrogens is 3. The van der Waals surface area contributed by atoms with E-state index in [4.69, 9.17) is 4.74 Å². The summed E-state index contributed by atoms with van der Waals surface area (Å²) in [5, 5.41) is 0.919. The molecule has 0 fully saturated rings. The van der Waals surface area contributed by atoms with Crippen LogP contribution in [0, 0.1) is 6.92 Å². The smallest absolute Gasteiger partial charge is 0.163 e. The molecule has 0 aliphatic rings. The van der Waals surface area contributed by atoms with Crippen LogP contribution in [-0.2, 0) is 6.42 Å². The summed E-state index contributed by atoms with van der Waals surface area (Å²) in [6.07, 6.45) is 10.4. The van der Waals surface area contributed by atoms with Crippen LogP contribution in [0.2, 0.25) is 0 Å². The molecule has 5 heteroatoms. The fourth-order valence-electron chi connectivity index (χ4n) is 3.95. The molecule has 5 aromatic rings. The minimum atomic E-state index is 0.103. The number of fused-ring (bicyclic) bond motifs is 1. The molecule has 0 unspecified atom stereocenters. The van der Waals surface area contributed by atoms with E-state index < -0.39 is 0 Å². The Morgan fingerprint density at radius 1 is 0.909 bits per heavy atom. The van der Waals surface area contributed by atoms with Crippen LogP contribution >= 0.6 is 0 Å². The van der Waals surface area contributed by atoms with Gasteiger partial charge in [-0.1, -0.05) is 12.1 Å². The van der Waals surface area contributed by atoms with Gasteiger partial charge in [0.2, 0.25) is 0 Å². The van der Waals surface area contributed by atoms with E-state index in [1.165, 1.54) is 0 Å². The highest BCUT2D eigenvalue weighted by Crippen LogP contribution is 2.33. The highest BCUT2D eigenvalue weighted by Gasteiger charge is 2.14. The molecule has 0 amide bonds. The third-order valence-corrected chi connectivity index (χ3v) is 5.78. The largest absolute Gasteiger partial charge is 0.456 e. The second-order valence-corrected chi connectivity index (χ2v) is 7.91. The Labute approximate surface area is 192 Å². The average molecular weight is 434 g/mol. The van der Waals surface area contributed by atoms with Crippen molar-refractivity contribution in [2.24, 2.45) is 0 Å². The number of pyridine rings is 2. The number of nitrogens with zero attached hydrogens (tertiary/aromatic N) is 3. The van der Waals surface area contributed by atoms with Gasteiger partial charge in [0, 0.05) is 59.6 Å². The van der Waals surface area contributed by atoms with Gasteiger partial charge in [0.05, 0.1) is 5.52 Å². The number of carbonyl (C=O) groups excluding carboxylic acids is 1. The van der Waals surface area contributed by atoms with Crippen LogP contribution in [0.3, 0.4) is 0 Å². The zero-order valence-corrected chi connectivity index (χ0v) is 18.3. The SMILES string of the molecule is Cc1c(Oc2ccnc3cc(-n4cccc4)ccc23)cccc1C(=O)CCc1ccncc1. The number of hydrogen-bond acceptors (Lipinski definition) is 4. The van der Waals surface area contributed by atoms with Crippen LogP contribution in [-0.4, -0.2) is 20.3 Å². The Kier molecular flexibility index (Phi) is 5.68. The van der Waals surface area contributed by atoms with E-state index in [0.717, 1.165) is 27.7 Å².